The number of halogens is 3. The van der Waals surface area contributed by atoms with E-state index in [4.69, 9.17) is 23.2 Å². The number of amides is 1. The molecule has 17 heavy (non-hydrogen) atoms. The molecule has 1 aromatic carbocycles. The van der Waals surface area contributed by atoms with E-state index in [1.54, 1.807) is 18.2 Å². The number of benzene rings is 1. The number of carbonyl (C=O) groups excluding carboxylic acids is 1. The lowest BCUT2D eigenvalue weighted by Gasteiger charge is -2.16. The average molecular weight is 337 g/mol. The standard InChI is InChI=1S/C12H12BrCl2NO/c13-7-4-5-9(14)8(6-7)12(17)16-11-3-1-2-10(11)15/h4-6,10-11H,1-3H2,(H,16,17). The molecular formula is C12H12BrCl2NO. The van der Waals surface area contributed by atoms with Crippen molar-refractivity contribution in [2.75, 3.05) is 0 Å². The summed E-state index contributed by atoms with van der Waals surface area (Å²) in [6.45, 7) is 0. The van der Waals surface area contributed by atoms with E-state index in [1.807, 2.05) is 0 Å². The second-order valence-corrected chi connectivity index (χ2v) is 6.03. The van der Waals surface area contributed by atoms with Crippen LogP contribution in [0.15, 0.2) is 22.7 Å². The van der Waals surface area contributed by atoms with Crippen molar-refractivity contribution < 1.29 is 4.79 Å². The fourth-order valence-corrected chi connectivity index (χ4v) is 2.90. The first kappa shape index (κ1) is 13.2. The highest BCUT2D eigenvalue weighted by molar-refractivity contribution is 9.10. The molecule has 1 aliphatic rings. The van der Waals surface area contributed by atoms with Gasteiger partial charge in [0.25, 0.3) is 5.91 Å². The molecular weight excluding hydrogens is 325 g/mol. The predicted molar refractivity (Wildman–Crippen MR) is 73.9 cm³/mol. The molecule has 1 amide bonds. The number of carbonyl (C=O) groups is 1. The van der Waals surface area contributed by atoms with Crippen LogP contribution in [0.1, 0.15) is 29.6 Å². The summed E-state index contributed by atoms with van der Waals surface area (Å²) in [6.07, 6.45) is 2.95. The van der Waals surface area contributed by atoms with Gasteiger partial charge in [-0.3, -0.25) is 4.79 Å². The Bertz CT molecular complexity index is 439. The molecule has 0 aliphatic heterocycles. The summed E-state index contributed by atoms with van der Waals surface area (Å²) in [5, 5.41) is 3.42. The van der Waals surface area contributed by atoms with Gasteiger partial charge in [0.2, 0.25) is 0 Å². The van der Waals surface area contributed by atoms with E-state index in [0.717, 1.165) is 23.7 Å². The third-order valence-electron chi connectivity index (χ3n) is 2.92. The summed E-state index contributed by atoms with van der Waals surface area (Å²) in [7, 11) is 0. The summed E-state index contributed by atoms with van der Waals surface area (Å²) < 4.78 is 0.834. The van der Waals surface area contributed by atoms with Crippen molar-refractivity contribution in [1.29, 1.82) is 0 Å². The third kappa shape index (κ3) is 3.15. The summed E-state index contributed by atoms with van der Waals surface area (Å²) in [6, 6.07) is 5.28. The Morgan fingerprint density at radius 1 is 1.41 bits per heavy atom. The molecule has 5 heteroatoms. The van der Waals surface area contributed by atoms with E-state index in [1.165, 1.54) is 0 Å². The van der Waals surface area contributed by atoms with Crippen molar-refractivity contribution in [3.05, 3.63) is 33.3 Å². The van der Waals surface area contributed by atoms with E-state index in [-0.39, 0.29) is 17.3 Å². The smallest absolute Gasteiger partial charge is 0.253 e. The quantitative estimate of drug-likeness (QED) is 0.813. The fourth-order valence-electron chi connectivity index (χ4n) is 2.00. The topological polar surface area (TPSA) is 29.1 Å². The van der Waals surface area contributed by atoms with E-state index in [9.17, 15) is 4.79 Å². The van der Waals surface area contributed by atoms with Crippen LogP contribution in [-0.4, -0.2) is 17.3 Å². The number of alkyl halides is 1. The van der Waals surface area contributed by atoms with Crippen LogP contribution in [0, 0.1) is 0 Å². The molecule has 2 nitrogen and oxygen atoms in total. The molecule has 0 aromatic heterocycles. The molecule has 2 unspecified atom stereocenters. The highest BCUT2D eigenvalue weighted by atomic mass is 79.9. The van der Waals surface area contributed by atoms with Crippen molar-refractivity contribution in [2.45, 2.75) is 30.7 Å². The van der Waals surface area contributed by atoms with Gasteiger partial charge < -0.3 is 5.32 Å². The van der Waals surface area contributed by atoms with E-state index in [0.29, 0.717) is 10.6 Å². The first-order valence-electron chi connectivity index (χ1n) is 5.48. The zero-order chi connectivity index (χ0) is 12.4. The molecule has 0 heterocycles. The van der Waals surface area contributed by atoms with Gasteiger partial charge in [0.15, 0.2) is 0 Å². The molecule has 0 saturated heterocycles. The van der Waals surface area contributed by atoms with Gasteiger partial charge in [-0.25, -0.2) is 0 Å². The number of rotatable bonds is 2. The van der Waals surface area contributed by atoms with E-state index >= 15 is 0 Å². The minimum absolute atomic E-state index is 0.0323. The maximum Gasteiger partial charge on any atom is 0.253 e. The third-order valence-corrected chi connectivity index (χ3v) is 4.27. The van der Waals surface area contributed by atoms with Gasteiger partial charge in [-0.05, 0) is 37.5 Å². The summed E-state index contributed by atoms with van der Waals surface area (Å²) in [5.41, 5.74) is 0.483. The Hall–Kier alpha value is -0.250. The Morgan fingerprint density at radius 3 is 2.82 bits per heavy atom. The van der Waals surface area contributed by atoms with E-state index < -0.39 is 0 Å². The summed E-state index contributed by atoms with van der Waals surface area (Å²) in [5.74, 6) is -0.158. The lowest BCUT2D eigenvalue weighted by molar-refractivity contribution is 0.0938. The molecule has 1 saturated carbocycles. The Kier molecular flexibility index (Phi) is 4.34. The van der Waals surface area contributed by atoms with Gasteiger partial charge in [-0.1, -0.05) is 27.5 Å². The molecule has 92 valence electrons. The lowest BCUT2D eigenvalue weighted by Crippen LogP contribution is -2.37. The van der Waals surface area contributed by atoms with Crippen molar-refractivity contribution in [3.8, 4) is 0 Å². The molecule has 1 aromatic rings. The van der Waals surface area contributed by atoms with E-state index in [2.05, 4.69) is 21.2 Å². The van der Waals surface area contributed by atoms with Gasteiger partial charge >= 0.3 is 0 Å². The van der Waals surface area contributed by atoms with Crippen LogP contribution in [0.3, 0.4) is 0 Å². The second-order valence-electron chi connectivity index (χ2n) is 4.15. The average Bonchev–Trinajstić information content (AvgIpc) is 2.68. The Labute approximate surface area is 119 Å². The zero-order valence-corrected chi connectivity index (χ0v) is 12.1. The predicted octanol–water partition coefficient (Wildman–Crippen LogP) is 3.99. The minimum Gasteiger partial charge on any atom is -0.348 e. The minimum atomic E-state index is -0.158. The fraction of sp³-hybridized carbons (Fsp3) is 0.417. The molecule has 0 bridgehead atoms. The normalized spacial score (nSPS) is 23.7. The van der Waals surface area contributed by atoms with Crippen molar-refractivity contribution in [3.63, 3.8) is 0 Å². The summed E-state index contributed by atoms with van der Waals surface area (Å²) in [4.78, 5) is 12.0. The lowest BCUT2D eigenvalue weighted by atomic mass is 10.2. The van der Waals surface area contributed by atoms with Gasteiger partial charge in [0.1, 0.15) is 0 Å². The Morgan fingerprint density at radius 2 is 2.18 bits per heavy atom. The molecule has 1 N–H and O–H groups in total. The number of nitrogens with one attached hydrogen (secondary N) is 1. The van der Waals surface area contributed by atoms with Gasteiger partial charge in [0, 0.05) is 10.5 Å². The Balaban J connectivity index is 2.11. The first-order valence-corrected chi connectivity index (χ1v) is 7.08. The van der Waals surface area contributed by atoms with Crippen LogP contribution >= 0.6 is 39.1 Å². The zero-order valence-electron chi connectivity index (χ0n) is 9.05. The second kappa shape index (κ2) is 5.59. The molecule has 2 atom stereocenters. The molecule has 0 spiro atoms. The van der Waals surface area contributed by atoms with Crippen molar-refractivity contribution >= 4 is 45.0 Å². The van der Waals surface area contributed by atoms with Crippen LogP contribution < -0.4 is 5.32 Å². The number of hydrogen-bond acceptors (Lipinski definition) is 1. The van der Waals surface area contributed by atoms with Crippen LogP contribution in [0.2, 0.25) is 5.02 Å². The highest BCUT2D eigenvalue weighted by Crippen LogP contribution is 2.26. The molecule has 0 radical (unpaired) electrons. The van der Waals surface area contributed by atoms with Crippen molar-refractivity contribution in [1.82, 2.24) is 5.32 Å². The largest absolute Gasteiger partial charge is 0.348 e. The number of hydrogen-bond donors (Lipinski definition) is 1. The monoisotopic (exact) mass is 335 g/mol. The molecule has 1 aliphatic carbocycles. The summed E-state index contributed by atoms with van der Waals surface area (Å²) >= 11 is 15.4. The molecule has 1 fully saturated rings. The molecule has 2 rings (SSSR count). The van der Waals surface area contributed by atoms with Crippen LogP contribution in [-0.2, 0) is 0 Å². The van der Waals surface area contributed by atoms with Gasteiger partial charge in [-0.2, -0.15) is 0 Å². The van der Waals surface area contributed by atoms with Crippen LogP contribution in [0.4, 0.5) is 0 Å². The maximum atomic E-state index is 12.0. The van der Waals surface area contributed by atoms with Gasteiger partial charge in [-0.15, -0.1) is 11.6 Å². The van der Waals surface area contributed by atoms with Crippen molar-refractivity contribution in [2.24, 2.45) is 0 Å². The first-order chi connectivity index (χ1) is 8.08. The van der Waals surface area contributed by atoms with Crippen LogP contribution in [0.5, 0.6) is 0 Å². The van der Waals surface area contributed by atoms with Crippen LogP contribution in [0.25, 0.3) is 0 Å². The maximum absolute atomic E-state index is 12.0. The van der Waals surface area contributed by atoms with Gasteiger partial charge in [0.05, 0.1) is 16.0 Å². The SMILES string of the molecule is O=C(NC1CCCC1Cl)c1cc(Br)ccc1Cl. The highest BCUT2D eigenvalue weighted by Gasteiger charge is 2.27.